The van der Waals surface area contributed by atoms with Crippen molar-refractivity contribution in [2.24, 2.45) is 7.05 Å². The van der Waals surface area contributed by atoms with Gasteiger partial charge in [-0.1, -0.05) is 0 Å². The molecule has 0 radical (unpaired) electrons. The molecule has 0 aliphatic carbocycles. The van der Waals surface area contributed by atoms with E-state index in [0.717, 1.165) is 32.7 Å². The van der Waals surface area contributed by atoms with Gasteiger partial charge in [0.15, 0.2) is 0 Å². The Hall–Kier alpha value is -2.60. The van der Waals surface area contributed by atoms with Crippen LogP contribution in [-0.4, -0.2) is 25.0 Å². The van der Waals surface area contributed by atoms with Gasteiger partial charge in [-0.25, -0.2) is 4.98 Å². The molecule has 0 amide bonds. The standard InChI is InChI=1S/C15H11N5S/c1-20-17-8-13(19-20)12-2-3-14-15(18-12)11(9-21-14)10-4-6-16-7-5-10/h2-9H,1H3. The molecule has 4 aromatic heterocycles. The summed E-state index contributed by atoms with van der Waals surface area (Å²) in [4.78, 5) is 10.4. The Morgan fingerprint density at radius 2 is 1.90 bits per heavy atom. The monoisotopic (exact) mass is 293 g/mol. The zero-order chi connectivity index (χ0) is 14.2. The largest absolute Gasteiger partial charge is 0.265 e. The maximum absolute atomic E-state index is 4.77. The quantitative estimate of drug-likeness (QED) is 0.569. The van der Waals surface area contributed by atoms with Gasteiger partial charge in [0.25, 0.3) is 0 Å². The van der Waals surface area contributed by atoms with E-state index < -0.39 is 0 Å². The van der Waals surface area contributed by atoms with Crippen LogP contribution in [0.5, 0.6) is 0 Å². The van der Waals surface area contributed by atoms with E-state index in [2.05, 4.69) is 26.6 Å². The summed E-state index contributed by atoms with van der Waals surface area (Å²) in [5.41, 5.74) is 4.87. The predicted molar refractivity (Wildman–Crippen MR) is 82.8 cm³/mol. The number of aromatic nitrogens is 5. The van der Waals surface area contributed by atoms with Crippen molar-refractivity contribution >= 4 is 21.6 Å². The highest BCUT2D eigenvalue weighted by molar-refractivity contribution is 7.17. The maximum atomic E-state index is 4.77. The van der Waals surface area contributed by atoms with Gasteiger partial charge in [-0.3, -0.25) is 4.98 Å². The molecule has 4 heterocycles. The lowest BCUT2D eigenvalue weighted by Crippen LogP contribution is -1.92. The smallest absolute Gasteiger partial charge is 0.131 e. The average Bonchev–Trinajstić information content (AvgIpc) is 3.13. The molecule has 0 saturated heterocycles. The summed E-state index contributed by atoms with van der Waals surface area (Å²) in [7, 11) is 1.80. The molecule has 102 valence electrons. The summed E-state index contributed by atoms with van der Waals surface area (Å²) in [6.45, 7) is 0. The summed E-state index contributed by atoms with van der Waals surface area (Å²) in [6, 6.07) is 8.07. The van der Waals surface area contributed by atoms with Crippen molar-refractivity contribution < 1.29 is 0 Å². The third-order valence-electron chi connectivity index (χ3n) is 3.27. The first-order valence-electron chi connectivity index (χ1n) is 6.46. The first-order chi connectivity index (χ1) is 10.3. The molecule has 21 heavy (non-hydrogen) atoms. The summed E-state index contributed by atoms with van der Waals surface area (Å²) in [5, 5.41) is 10.5. The molecular formula is C15H11N5S. The van der Waals surface area contributed by atoms with Gasteiger partial charge in [0.05, 0.1) is 22.1 Å². The van der Waals surface area contributed by atoms with Crippen molar-refractivity contribution in [3.05, 3.63) is 48.2 Å². The second-order valence-corrected chi connectivity index (χ2v) is 5.56. The number of aryl methyl sites for hydroxylation is 1. The van der Waals surface area contributed by atoms with Crippen LogP contribution >= 0.6 is 11.3 Å². The Labute approximate surface area is 124 Å². The molecule has 6 heteroatoms. The Bertz CT molecular complexity index is 910. The number of pyridine rings is 2. The summed E-state index contributed by atoms with van der Waals surface area (Å²) in [6.07, 6.45) is 5.32. The minimum atomic E-state index is 0.784. The van der Waals surface area contributed by atoms with E-state index >= 15 is 0 Å². The molecule has 5 nitrogen and oxygen atoms in total. The Kier molecular flexibility index (Phi) is 2.75. The zero-order valence-electron chi connectivity index (χ0n) is 11.3. The summed E-state index contributed by atoms with van der Waals surface area (Å²) >= 11 is 1.69. The molecule has 0 fully saturated rings. The van der Waals surface area contributed by atoms with E-state index in [1.54, 1.807) is 41.8 Å². The molecular weight excluding hydrogens is 282 g/mol. The van der Waals surface area contributed by atoms with Crippen molar-refractivity contribution in [1.82, 2.24) is 25.0 Å². The van der Waals surface area contributed by atoms with Gasteiger partial charge < -0.3 is 0 Å². The number of thiophene rings is 1. The molecule has 4 aromatic rings. The third kappa shape index (κ3) is 2.09. The molecule has 0 bridgehead atoms. The van der Waals surface area contributed by atoms with Crippen LogP contribution in [0.2, 0.25) is 0 Å². The Morgan fingerprint density at radius 1 is 1.05 bits per heavy atom. The van der Waals surface area contributed by atoms with Crippen molar-refractivity contribution in [3.63, 3.8) is 0 Å². The van der Waals surface area contributed by atoms with Gasteiger partial charge in [0.2, 0.25) is 0 Å². The number of hydrogen-bond acceptors (Lipinski definition) is 5. The SMILES string of the molecule is Cn1ncc(-c2ccc3scc(-c4ccncc4)c3n2)n1. The number of rotatable bonds is 2. The van der Waals surface area contributed by atoms with Crippen LogP contribution in [0.3, 0.4) is 0 Å². The number of fused-ring (bicyclic) bond motifs is 1. The van der Waals surface area contributed by atoms with Crippen LogP contribution in [0.25, 0.3) is 32.7 Å². The zero-order valence-corrected chi connectivity index (χ0v) is 12.1. The Morgan fingerprint density at radius 3 is 2.67 bits per heavy atom. The molecule has 0 N–H and O–H groups in total. The second kappa shape index (κ2) is 4.75. The van der Waals surface area contributed by atoms with Crippen LogP contribution in [0.15, 0.2) is 48.2 Å². The van der Waals surface area contributed by atoms with Gasteiger partial charge >= 0.3 is 0 Å². The van der Waals surface area contributed by atoms with Crippen LogP contribution in [0.4, 0.5) is 0 Å². The van der Waals surface area contributed by atoms with E-state index in [0.29, 0.717) is 0 Å². The van der Waals surface area contributed by atoms with E-state index in [4.69, 9.17) is 4.98 Å². The lowest BCUT2D eigenvalue weighted by molar-refractivity contribution is 0.655. The first-order valence-corrected chi connectivity index (χ1v) is 7.34. The van der Waals surface area contributed by atoms with Gasteiger partial charge in [-0.2, -0.15) is 15.0 Å². The minimum Gasteiger partial charge on any atom is -0.265 e. The minimum absolute atomic E-state index is 0.784. The van der Waals surface area contributed by atoms with Crippen molar-refractivity contribution in [2.45, 2.75) is 0 Å². The lowest BCUT2D eigenvalue weighted by Gasteiger charge is -2.00. The normalized spacial score (nSPS) is 11.1. The van der Waals surface area contributed by atoms with Gasteiger partial charge in [0, 0.05) is 30.4 Å². The van der Waals surface area contributed by atoms with E-state index in [9.17, 15) is 0 Å². The molecule has 0 spiro atoms. The lowest BCUT2D eigenvalue weighted by atomic mass is 10.1. The first kappa shape index (κ1) is 12.2. The van der Waals surface area contributed by atoms with Crippen LogP contribution in [-0.2, 0) is 7.05 Å². The summed E-state index contributed by atoms with van der Waals surface area (Å²) < 4.78 is 1.16. The number of hydrogen-bond donors (Lipinski definition) is 0. The van der Waals surface area contributed by atoms with Crippen molar-refractivity contribution in [3.8, 4) is 22.5 Å². The molecule has 0 aliphatic rings. The van der Waals surface area contributed by atoms with E-state index in [1.807, 2.05) is 18.2 Å². The van der Waals surface area contributed by atoms with Crippen LogP contribution in [0.1, 0.15) is 0 Å². The van der Waals surface area contributed by atoms with Crippen LogP contribution < -0.4 is 0 Å². The molecule has 0 saturated carbocycles. The molecule has 4 rings (SSSR count). The highest BCUT2D eigenvalue weighted by atomic mass is 32.1. The molecule has 0 unspecified atom stereocenters. The topological polar surface area (TPSA) is 56.5 Å². The second-order valence-electron chi connectivity index (χ2n) is 4.65. The summed E-state index contributed by atoms with van der Waals surface area (Å²) in [5.74, 6) is 0. The average molecular weight is 293 g/mol. The van der Waals surface area contributed by atoms with Crippen LogP contribution in [0, 0.1) is 0 Å². The Balaban J connectivity index is 1.90. The number of nitrogens with zero attached hydrogens (tertiary/aromatic N) is 5. The molecule has 0 atom stereocenters. The fraction of sp³-hybridized carbons (Fsp3) is 0.0667. The predicted octanol–water partition coefficient (Wildman–Crippen LogP) is 3.15. The fourth-order valence-corrected chi connectivity index (χ4v) is 3.16. The fourth-order valence-electron chi connectivity index (χ4n) is 2.25. The van der Waals surface area contributed by atoms with Crippen molar-refractivity contribution in [2.75, 3.05) is 0 Å². The highest BCUT2D eigenvalue weighted by Crippen LogP contribution is 2.33. The van der Waals surface area contributed by atoms with E-state index in [-0.39, 0.29) is 0 Å². The molecule has 0 aliphatic heterocycles. The molecule has 0 aromatic carbocycles. The van der Waals surface area contributed by atoms with Gasteiger partial charge in [0.1, 0.15) is 5.69 Å². The van der Waals surface area contributed by atoms with E-state index in [1.165, 1.54) is 0 Å². The van der Waals surface area contributed by atoms with Gasteiger partial charge in [-0.05, 0) is 29.8 Å². The van der Waals surface area contributed by atoms with Gasteiger partial charge in [-0.15, -0.1) is 11.3 Å². The maximum Gasteiger partial charge on any atom is 0.131 e. The highest BCUT2D eigenvalue weighted by Gasteiger charge is 2.11. The third-order valence-corrected chi connectivity index (χ3v) is 4.21. The van der Waals surface area contributed by atoms with Crippen molar-refractivity contribution in [1.29, 1.82) is 0 Å².